The van der Waals surface area contributed by atoms with E-state index in [9.17, 15) is 0 Å². The van der Waals surface area contributed by atoms with Crippen LogP contribution in [0.25, 0.3) is 22.8 Å². The normalized spacial score (nSPS) is 10.6. The maximum absolute atomic E-state index is 6.03. The smallest absolute Gasteiger partial charge is 0.180 e. The third kappa shape index (κ3) is 3.06. The quantitative estimate of drug-likeness (QED) is 0.593. The van der Waals surface area contributed by atoms with Crippen LogP contribution in [0.2, 0.25) is 0 Å². The lowest BCUT2D eigenvalue weighted by Gasteiger charge is -2.09. The molecule has 0 spiro atoms. The van der Waals surface area contributed by atoms with Gasteiger partial charge in [-0.2, -0.15) is 0 Å². The molecule has 2 N–H and O–H groups in total. The second kappa shape index (κ2) is 6.07. The zero-order valence-electron chi connectivity index (χ0n) is 10.8. The first-order valence-electron chi connectivity index (χ1n) is 6.15. The van der Waals surface area contributed by atoms with Gasteiger partial charge < -0.3 is 5.73 Å². The fourth-order valence-corrected chi connectivity index (χ4v) is 2.66. The molecule has 4 nitrogen and oxygen atoms in total. The van der Waals surface area contributed by atoms with Crippen LogP contribution in [-0.2, 0) is 0 Å². The van der Waals surface area contributed by atoms with Crippen molar-refractivity contribution in [2.45, 2.75) is 0 Å². The first-order valence-corrected chi connectivity index (χ1v) is 8.02. The third-order valence-corrected chi connectivity index (χ3v) is 4.41. The maximum Gasteiger partial charge on any atom is 0.180 e. The fraction of sp³-hybridized carbons (Fsp3) is 0. The second-order valence-electron chi connectivity index (χ2n) is 4.32. The van der Waals surface area contributed by atoms with Gasteiger partial charge in [0.2, 0.25) is 0 Å². The van der Waals surface area contributed by atoms with E-state index in [1.807, 2.05) is 42.5 Å². The second-order valence-corrected chi connectivity index (χ2v) is 6.32. The first kappa shape index (κ1) is 14.4. The molecule has 0 bridgehead atoms. The summed E-state index contributed by atoms with van der Waals surface area (Å²) in [7, 11) is 0. The molecule has 0 saturated carbocycles. The molecule has 2 heterocycles. The van der Waals surface area contributed by atoms with E-state index in [0.717, 1.165) is 19.3 Å². The molecule has 104 valence electrons. The molecule has 0 unspecified atom stereocenters. The van der Waals surface area contributed by atoms with Crippen LogP contribution < -0.4 is 5.73 Å². The van der Waals surface area contributed by atoms with E-state index in [4.69, 9.17) is 5.73 Å². The molecule has 2 aromatic heterocycles. The van der Waals surface area contributed by atoms with E-state index >= 15 is 0 Å². The molecule has 0 aliphatic carbocycles. The number of aromatic nitrogens is 3. The van der Waals surface area contributed by atoms with Crippen molar-refractivity contribution in [2.24, 2.45) is 0 Å². The molecule has 0 atom stereocenters. The molecule has 6 heteroatoms. The van der Waals surface area contributed by atoms with E-state index < -0.39 is 0 Å². The van der Waals surface area contributed by atoms with Crippen molar-refractivity contribution >= 4 is 44.3 Å². The standard InChI is InChI=1S/C15H10BrIN4/c16-10-6-7-11(19-8-10)15-20-13(12(17)14(18)21-15)9-4-2-1-3-5-9/h1-8H,(H2,18,20,21). The van der Waals surface area contributed by atoms with Gasteiger partial charge in [0.1, 0.15) is 11.5 Å². The monoisotopic (exact) mass is 452 g/mol. The predicted molar refractivity (Wildman–Crippen MR) is 95.5 cm³/mol. The lowest BCUT2D eigenvalue weighted by atomic mass is 10.1. The molecule has 0 saturated heterocycles. The molecular weight excluding hydrogens is 443 g/mol. The number of hydrogen-bond acceptors (Lipinski definition) is 4. The van der Waals surface area contributed by atoms with Crippen LogP contribution in [0.15, 0.2) is 53.1 Å². The number of nitrogens with zero attached hydrogens (tertiary/aromatic N) is 3. The topological polar surface area (TPSA) is 64.7 Å². The number of rotatable bonds is 2. The number of pyridine rings is 1. The van der Waals surface area contributed by atoms with Gasteiger partial charge in [0.05, 0.1) is 9.26 Å². The number of hydrogen-bond donors (Lipinski definition) is 1. The van der Waals surface area contributed by atoms with E-state index in [1.165, 1.54) is 0 Å². The van der Waals surface area contributed by atoms with Crippen LogP contribution in [0.1, 0.15) is 0 Å². The number of halogens is 2. The summed E-state index contributed by atoms with van der Waals surface area (Å²) in [5.74, 6) is 0.989. The third-order valence-electron chi connectivity index (χ3n) is 2.88. The fourth-order valence-electron chi connectivity index (χ4n) is 1.87. The summed E-state index contributed by atoms with van der Waals surface area (Å²) in [6, 6.07) is 13.7. The number of nitrogen functional groups attached to an aromatic ring is 1. The summed E-state index contributed by atoms with van der Waals surface area (Å²) >= 11 is 5.54. The summed E-state index contributed by atoms with van der Waals surface area (Å²) < 4.78 is 1.76. The van der Waals surface area contributed by atoms with Crippen molar-refractivity contribution < 1.29 is 0 Å². The van der Waals surface area contributed by atoms with Gasteiger partial charge in [-0.15, -0.1) is 0 Å². The van der Waals surface area contributed by atoms with Crippen molar-refractivity contribution in [2.75, 3.05) is 5.73 Å². The molecule has 0 amide bonds. The van der Waals surface area contributed by atoms with Crippen molar-refractivity contribution in [3.8, 4) is 22.8 Å². The van der Waals surface area contributed by atoms with Crippen LogP contribution in [0.5, 0.6) is 0 Å². The molecule has 0 aliphatic rings. The molecule has 3 rings (SSSR count). The molecule has 21 heavy (non-hydrogen) atoms. The predicted octanol–water partition coefficient (Wildman–Crippen LogP) is 4.15. The number of anilines is 1. The first-order chi connectivity index (χ1) is 10.1. The summed E-state index contributed by atoms with van der Waals surface area (Å²) in [6.45, 7) is 0. The maximum atomic E-state index is 6.03. The minimum Gasteiger partial charge on any atom is -0.383 e. The van der Waals surface area contributed by atoms with Crippen LogP contribution in [0.3, 0.4) is 0 Å². The molecule has 0 aliphatic heterocycles. The van der Waals surface area contributed by atoms with Crippen LogP contribution in [0.4, 0.5) is 5.82 Å². The van der Waals surface area contributed by atoms with Crippen molar-refractivity contribution in [1.82, 2.24) is 15.0 Å². The zero-order valence-corrected chi connectivity index (χ0v) is 14.5. The van der Waals surface area contributed by atoms with E-state index in [1.54, 1.807) is 6.20 Å². The van der Waals surface area contributed by atoms with Gasteiger partial charge in [0.25, 0.3) is 0 Å². The Morgan fingerprint density at radius 3 is 2.43 bits per heavy atom. The molecule has 3 aromatic rings. The van der Waals surface area contributed by atoms with Gasteiger partial charge in [0, 0.05) is 16.2 Å². The molecular formula is C15H10BrIN4. The lowest BCUT2D eigenvalue weighted by molar-refractivity contribution is 1.14. The number of benzene rings is 1. The highest BCUT2D eigenvalue weighted by Gasteiger charge is 2.13. The highest BCUT2D eigenvalue weighted by atomic mass is 127. The Morgan fingerprint density at radius 1 is 1.00 bits per heavy atom. The van der Waals surface area contributed by atoms with Gasteiger partial charge >= 0.3 is 0 Å². The Balaban J connectivity index is 2.16. The Labute approximate surface area is 144 Å². The van der Waals surface area contributed by atoms with Gasteiger partial charge in [0.15, 0.2) is 5.82 Å². The van der Waals surface area contributed by atoms with E-state index in [0.29, 0.717) is 17.3 Å². The van der Waals surface area contributed by atoms with Crippen LogP contribution in [0, 0.1) is 3.57 Å². The van der Waals surface area contributed by atoms with E-state index in [-0.39, 0.29) is 0 Å². The Hall–Kier alpha value is -1.54. The minimum atomic E-state index is 0.462. The van der Waals surface area contributed by atoms with Crippen molar-refractivity contribution in [3.63, 3.8) is 0 Å². The van der Waals surface area contributed by atoms with Crippen molar-refractivity contribution in [3.05, 3.63) is 56.7 Å². The summed E-state index contributed by atoms with van der Waals surface area (Å²) in [4.78, 5) is 13.3. The van der Waals surface area contributed by atoms with Crippen molar-refractivity contribution in [1.29, 1.82) is 0 Å². The van der Waals surface area contributed by atoms with Gasteiger partial charge in [-0.1, -0.05) is 30.3 Å². The average Bonchev–Trinajstić information content (AvgIpc) is 2.51. The Morgan fingerprint density at radius 2 is 1.76 bits per heavy atom. The average molecular weight is 453 g/mol. The molecule has 1 aromatic carbocycles. The highest BCUT2D eigenvalue weighted by molar-refractivity contribution is 14.1. The molecule has 0 fully saturated rings. The Kier molecular flexibility index (Phi) is 4.16. The van der Waals surface area contributed by atoms with Gasteiger partial charge in [-0.05, 0) is 50.7 Å². The number of nitrogens with two attached hydrogens (primary N) is 1. The van der Waals surface area contributed by atoms with Gasteiger partial charge in [-0.25, -0.2) is 9.97 Å². The van der Waals surface area contributed by atoms with E-state index in [2.05, 4.69) is 53.5 Å². The summed E-state index contributed by atoms with van der Waals surface area (Å²) in [5, 5.41) is 0. The highest BCUT2D eigenvalue weighted by Crippen LogP contribution is 2.28. The van der Waals surface area contributed by atoms with Crippen LogP contribution in [-0.4, -0.2) is 15.0 Å². The Bertz CT molecular complexity index is 776. The zero-order chi connectivity index (χ0) is 14.8. The molecule has 0 radical (unpaired) electrons. The summed E-state index contributed by atoms with van der Waals surface area (Å²) in [6.07, 6.45) is 1.72. The summed E-state index contributed by atoms with van der Waals surface area (Å²) in [5.41, 5.74) is 8.55. The SMILES string of the molecule is Nc1nc(-c2ccc(Br)cn2)nc(-c2ccccc2)c1I. The van der Waals surface area contributed by atoms with Crippen LogP contribution >= 0.6 is 38.5 Å². The lowest BCUT2D eigenvalue weighted by Crippen LogP contribution is -2.03. The largest absolute Gasteiger partial charge is 0.383 e. The van der Waals surface area contributed by atoms with Gasteiger partial charge in [-0.3, -0.25) is 4.98 Å². The minimum absolute atomic E-state index is 0.462.